The van der Waals surface area contributed by atoms with Crippen LogP contribution in [0.2, 0.25) is 0 Å². The van der Waals surface area contributed by atoms with Gasteiger partial charge in [0.2, 0.25) is 0 Å². The molecule has 160 valence electrons. The molecule has 0 aliphatic carbocycles. The molecule has 7 nitrogen and oxygen atoms in total. The number of nitriles is 1. The summed E-state index contributed by atoms with van der Waals surface area (Å²) in [5.41, 5.74) is 4.93. The van der Waals surface area contributed by atoms with E-state index in [9.17, 15) is 4.79 Å². The van der Waals surface area contributed by atoms with Crippen LogP contribution in [0.15, 0.2) is 36.2 Å². The molecule has 1 aromatic heterocycles. The van der Waals surface area contributed by atoms with E-state index in [4.69, 9.17) is 5.26 Å². The normalized spacial score (nSPS) is 16.6. The molecule has 30 heavy (non-hydrogen) atoms. The smallest absolute Gasteiger partial charge is 0.139 e. The molecule has 1 unspecified atom stereocenters. The van der Waals surface area contributed by atoms with Crippen molar-refractivity contribution in [1.29, 1.82) is 5.26 Å². The highest BCUT2D eigenvalue weighted by Crippen LogP contribution is 2.42. The van der Waals surface area contributed by atoms with Gasteiger partial charge in [0.25, 0.3) is 0 Å². The van der Waals surface area contributed by atoms with E-state index in [1.165, 1.54) is 0 Å². The third-order valence-electron chi connectivity index (χ3n) is 6.03. The van der Waals surface area contributed by atoms with Crippen molar-refractivity contribution in [3.63, 3.8) is 0 Å². The third-order valence-corrected chi connectivity index (χ3v) is 6.03. The van der Waals surface area contributed by atoms with Crippen LogP contribution in [0, 0.1) is 17.2 Å². The quantitative estimate of drug-likeness (QED) is 0.345. The van der Waals surface area contributed by atoms with Crippen molar-refractivity contribution >= 4 is 17.8 Å². The highest BCUT2D eigenvalue weighted by atomic mass is 16.1. The summed E-state index contributed by atoms with van der Waals surface area (Å²) in [5, 5.41) is 16.4. The molecule has 0 radical (unpaired) electrons. The van der Waals surface area contributed by atoms with E-state index in [1.807, 2.05) is 15.6 Å². The molecule has 0 saturated heterocycles. The molecule has 0 aromatic carbocycles. The number of nitrogens with zero attached hydrogens (tertiary/aromatic N) is 5. The van der Waals surface area contributed by atoms with Crippen LogP contribution in [0.4, 0.5) is 5.82 Å². The van der Waals surface area contributed by atoms with Gasteiger partial charge in [-0.3, -0.25) is 0 Å². The number of nitrogens with one attached hydrogen (secondary N) is 1. The Labute approximate surface area is 179 Å². The van der Waals surface area contributed by atoms with Crippen molar-refractivity contribution in [3.8, 4) is 6.07 Å². The lowest BCUT2D eigenvalue weighted by Crippen LogP contribution is -2.32. The number of carbonyl (C=O) groups is 1. The third kappa shape index (κ3) is 4.19. The number of anilines is 1. The zero-order valence-corrected chi connectivity index (χ0v) is 18.2. The van der Waals surface area contributed by atoms with Crippen LogP contribution < -0.4 is 10.2 Å². The molecule has 3 rings (SSSR count). The Kier molecular flexibility index (Phi) is 7.11. The van der Waals surface area contributed by atoms with E-state index in [-0.39, 0.29) is 6.54 Å². The fourth-order valence-corrected chi connectivity index (χ4v) is 4.29. The SMILES string of the molecule is C=C1C2=C(CN1CC(CC)CCCNCC#N)C(=C)n1nc(CC)cc1N2CC=O. The van der Waals surface area contributed by atoms with Gasteiger partial charge in [0.05, 0.1) is 41.9 Å². The second-order valence-electron chi connectivity index (χ2n) is 7.89. The zero-order valence-electron chi connectivity index (χ0n) is 18.2. The first kappa shape index (κ1) is 21.8. The Morgan fingerprint density at radius 3 is 2.83 bits per heavy atom. The monoisotopic (exact) mass is 408 g/mol. The van der Waals surface area contributed by atoms with E-state index in [0.717, 1.165) is 85.8 Å². The maximum Gasteiger partial charge on any atom is 0.139 e. The number of hydrogen-bond donors (Lipinski definition) is 1. The first-order chi connectivity index (χ1) is 14.5. The minimum Gasteiger partial charge on any atom is -0.366 e. The molecule has 3 heterocycles. The predicted molar refractivity (Wildman–Crippen MR) is 120 cm³/mol. The topological polar surface area (TPSA) is 77.2 Å². The highest BCUT2D eigenvalue weighted by molar-refractivity contribution is 5.81. The molecule has 1 aromatic rings. The van der Waals surface area contributed by atoms with Crippen molar-refractivity contribution in [2.75, 3.05) is 37.6 Å². The zero-order chi connectivity index (χ0) is 21.7. The standard InChI is InChI=1S/C23H32N6O/c1-5-19(8-7-10-25-11-9-24)15-27-16-21-17(3)29-22(14-20(6-2)26-29)28(12-13-30)23(21)18(27)4/h13-14,19,25H,3-8,10-12,15-16H2,1-2H3. The second-order valence-corrected chi connectivity index (χ2v) is 7.89. The van der Waals surface area contributed by atoms with Crippen LogP contribution in [-0.4, -0.2) is 53.7 Å². The lowest BCUT2D eigenvalue weighted by Gasteiger charge is -2.31. The van der Waals surface area contributed by atoms with Gasteiger partial charge in [-0.15, -0.1) is 0 Å². The Bertz CT molecular complexity index is 890. The van der Waals surface area contributed by atoms with Crippen molar-refractivity contribution in [3.05, 3.63) is 41.9 Å². The van der Waals surface area contributed by atoms with E-state index < -0.39 is 0 Å². The minimum atomic E-state index is 0.273. The molecule has 0 amide bonds. The van der Waals surface area contributed by atoms with Crippen molar-refractivity contribution < 1.29 is 4.79 Å². The maximum atomic E-state index is 11.4. The molecule has 2 aliphatic heterocycles. The number of rotatable bonds is 11. The van der Waals surface area contributed by atoms with E-state index in [1.54, 1.807) is 0 Å². The molecule has 1 atom stereocenters. The van der Waals surface area contributed by atoms with Crippen molar-refractivity contribution in [2.45, 2.75) is 39.5 Å². The molecule has 2 aliphatic rings. The number of aldehydes is 1. The van der Waals surface area contributed by atoms with Crippen LogP contribution in [0.5, 0.6) is 0 Å². The van der Waals surface area contributed by atoms with Crippen molar-refractivity contribution in [1.82, 2.24) is 20.0 Å². The molecule has 0 bridgehead atoms. The Balaban J connectivity index is 1.73. The van der Waals surface area contributed by atoms with Gasteiger partial charge in [-0.05, 0) is 31.7 Å². The largest absolute Gasteiger partial charge is 0.366 e. The van der Waals surface area contributed by atoms with Crippen molar-refractivity contribution in [2.24, 2.45) is 5.92 Å². The van der Waals surface area contributed by atoms with E-state index in [2.05, 4.69) is 48.4 Å². The summed E-state index contributed by atoms with van der Waals surface area (Å²) in [6, 6.07) is 4.15. The predicted octanol–water partition coefficient (Wildman–Crippen LogP) is 2.94. The summed E-state index contributed by atoms with van der Waals surface area (Å²) in [4.78, 5) is 15.8. The van der Waals surface area contributed by atoms with Crippen LogP contribution in [0.1, 0.15) is 38.8 Å². The average Bonchev–Trinajstić information content (AvgIpc) is 3.32. The molecule has 0 saturated carbocycles. The van der Waals surface area contributed by atoms with Crippen LogP contribution in [0.3, 0.4) is 0 Å². The maximum absolute atomic E-state index is 11.4. The van der Waals surface area contributed by atoms with Gasteiger partial charge in [0, 0.05) is 24.7 Å². The van der Waals surface area contributed by atoms with Gasteiger partial charge in [-0.2, -0.15) is 10.4 Å². The lowest BCUT2D eigenvalue weighted by molar-refractivity contribution is -0.106. The van der Waals surface area contributed by atoms with Gasteiger partial charge >= 0.3 is 0 Å². The van der Waals surface area contributed by atoms with Crippen LogP contribution in [-0.2, 0) is 11.2 Å². The number of aromatic nitrogens is 2. The van der Waals surface area contributed by atoms with Gasteiger partial charge < -0.3 is 19.9 Å². The minimum absolute atomic E-state index is 0.273. The summed E-state index contributed by atoms with van der Waals surface area (Å²) in [5.74, 6) is 1.44. The fourth-order valence-electron chi connectivity index (χ4n) is 4.29. The Hall–Kier alpha value is -2.85. The summed E-state index contributed by atoms with van der Waals surface area (Å²) >= 11 is 0. The molecule has 7 heteroatoms. The first-order valence-electron chi connectivity index (χ1n) is 10.8. The Morgan fingerprint density at radius 2 is 2.17 bits per heavy atom. The number of aryl methyl sites for hydroxylation is 1. The Morgan fingerprint density at radius 1 is 1.37 bits per heavy atom. The molecule has 0 spiro atoms. The number of fused-ring (bicyclic) bond motifs is 1. The van der Waals surface area contributed by atoms with Gasteiger partial charge in [0.15, 0.2) is 0 Å². The number of carbonyl (C=O) groups excluding carboxylic acids is 1. The number of hydrogen-bond acceptors (Lipinski definition) is 6. The average molecular weight is 409 g/mol. The summed E-state index contributed by atoms with van der Waals surface area (Å²) in [6.45, 7) is 16.2. The summed E-state index contributed by atoms with van der Waals surface area (Å²) in [7, 11) is 0. The van der Waals surface area contributed by atoms with Gasteiger partial charge in [-0.25, -0.2) is 4.68 Å². The van der Waals surface area contributed by atoms with Gasteiger partial charge in [-0.1, -0.05) is 33.4 Å². The molecule has 0 fully saturated rings. The van der Waals surface area contributed by atoms with Crippen LogP contribution in [0.25, 0.3) is 5.70 Å². The van der Waals surface area contributed by atoms with E-state index >= 15 is 0 Å². The van der Waals surface area contributed by atoms with Gasteiger partial charge in [0.1, 0.15) is 12.1 Å². The first-order valence-corrected chi connectivity index (χ1v) is 10.8. The van der Waals surface area contributed by atoms with E-state index in [0.29, 0.717) is 12.5 Å². The highest BCUT2D eigenvalue weighted by Gasteiger charge is 2.37. The molecular formula is C23H32N6O. The summed E-state index contributed by atoms with van der Waals surface area (Å²) < 4.78 is 1.87. The summed E-state index contributed by atoms with van der Waals surface area (Å²) in [6.07, 6.45) is 5.01. The lowest BCUT2D eigenvalue weighted by atomic mass is 9.99. The second kappa shape index (κ2) is 9.77. The fraction of sp³-hybridized carbons (Fsp3) is 0.522. The molecule has 1 N–H and O–H groups in total. The molecular weight excluding hydrogens is 376 g/mol. The van der Waals surface area contributed by atoms with Crippen LogP contribution >= 0.6 is 0 Å².